The molecular formula is C100H113N7O23S2. The molecular weight excluding hydrogens is 1730 g/mol. The smallest absolute Gasteiger partial charge is 0.331 e. The number of aryl methyl sites for hydroxylation is 4. The molecule has 698 valence electrons. The number of benzene rings is 8. The van der Waals surface area contributed by atoms with E-state index in [1.807, 2.05) is 119 Å². The predicted octanol–water partition coefficient (Wildman–Crippen LogP) is 13.0. The van der Waals surface area contributed by atoms with Gasteiger partial charge in [-0.15, -0.1) is 23.5 Å². The van der Waals surface area contributed by atoms with Gasteiger partial charge in [-0.3, -0.25) is 49.4 Å². The minimum atomic E-state index is -1.43. The molecule has 8 aromatic carbocycles. The van der Waals surface area contributed by atoms with Crippen LogP contribution >= 0.6 is 23.5 Å². The number of nitrogens with one attached hydrogen (secondary N) is 2. The van der Waals surface area contributed by atoms with Crippen LogP contribution in [0, 0.1) is 39.0 Å². The number of aliphatic hydroxyl groups excluding tert-OH is 1. The SMILES string of the molecule is C.C.C.COc1cc2c(cc1OC(=O)CCc1ccccc1)CCN[C@]21CS[C@@H]2c3c(OC(C)=O)c(C)c4c(c3[C@H](COC1=O)N1C2[C@H]2c3c(cc(C)c(OC)c3O)C[C@@H]([C@@H]1C#N)N2C)OCO4.COc1cc2c(cc1OC(=O)CCc1ccccc1)CCN[C@]21CS[C@@H]2c3c(OC(C)=O)c(C)c4c(c3[C@H](COC1=O)N1C2[C@H]2c3c(cc(C)c(OC)c3O)C[C@@H]([C@@H]1O)N2C)OCO4. The number of aromatic hydroxyl groups is 2. The number of esters is 6. The zero-order valence-corrected chi connectivity index (χ0v) is 75.2. The third kappa shape index (κ3) is 15.2. The van der Waals surface area contributed by atoms with Crippen molar-refractivity contribution < 1.29 is 110 Å². The maximum Gasteiger partial charge on any atom is 0.331 e. The number of thioether (sulfide) groups is 2. The molecule has 2 spiro atoms. The van der Waals surface area contributed by atoms with Crippen LogP contribution in [0.15, 0.2) is 97.1 Å². The number of ether oxygens (including phenoxy) is 14. The van der Waals surface area contributed by atoms with E-state index in [1.54, 1.807) is 24.3 Å². The fourth-order valence-electron chi connectivity index (χ4n) is 22.4. The highest BCUT2D eigenvalue weighted by molar-refractivity contribution is 7.99. The number of fused-ring (bicyclic) bond motifs is 18. The molecule has 5 N–H and O–H groups in total. The number of methoxy groups -OCH3 is 4. The summed E-state index contributed by atoms with van der Waals surface area (Å²) >= 11 is 2.93. The maximum absolute atomic E-state index is 15.1. The van der Waals surface area contributed by atoms with Crippen LogP contribution in [0.2, 0.25) is 0 Å². The molecule has 132 heavy (non-hydrogen) atoms. The van der Waals surface area contributed by atoms with Crippen LogP contribution in [0.25, 0.3) is 0 Å². The van der Waals surface area contributed by atoms with E-state index in [9.17, 15) is 39.8 Å². The van der Waals surface area contributed by atoms with Crippen molar-refractivity contribution in [3.8, 4) is 86.6 Å². The lowest BCUT2D eigenvalue weighted by Crippen LogP contribution is -2.70. The Hall–Kier alpha value is -11.5. The number of likely N-dealkylation sites (N-methyl/N-ethyl adjacent to an activating group) is 2. The molecule has 0 saturated carbocycles. The number of phenols is 2. The van der Waals surface area contributed by atoms with Crippen LogP contribution in [0.5, 0.6) is 80.5 Å². The van der Waals surface area contributed by atoms with Gasteiger partial charge in [0.15, 0.2) is 80.1 Å². The van der Waals surface area contributed by atoms with Gasteiger partial charge in [0.1, 0.15) is 37.0 Å². The van der Waals surface area contributed by atoms with Crippen molar-refractivity contribution in [3.05, 3.63) is 197 Å². The zero-order valence-electron chi connectivity index (χ0n) is 73.5. The van der Waals surface area contributed by atoms with E-state index in [2.05, 4.69) is 31.4 Å². The number of rotatable bonds is 14. The molecule has 30 nitrogen and oxygen atoms in total. The zero-order chi connectivity index (χ0) is 90.2. The van der Waals surface area contributed by atoms with E-state index in [0.29, 0.717) is 153 Å². The Morgan fingerprint density at radius 1 is 0.508 bits per heavy atom. The third-order valence-corrected chi connectivity index (χ3v) is 31.0. The quantitative estimate of drug-likeness (QED) is 0.0499. The molecule has 14 aliphatic heterocycles. The first-order valence-corrected chi connectivity index (χ1v) is 45.5. The van der Waals surface area contributed by atoms with Crippen molar-refractivity contribution in [1.29, 1.82) is 5.26 Å². The minimum absolute atomic E-state index is 0. The van der Waals surface area contributed by atoms with Crippen molar-refractivity contribution in [2.45, 2.75) is 197 Å². The first kappa shape index (κ1) is 93.7. The fraction of sp³-hybridized carbons (Fsp3) is 0.450. The summed E-state index contributed by atoms with van der Waals surface area (Å²) in [6.07, 6.45) is 2.23. The van der Waals surface area contributed by atoms with Crippen LogP contribution in [0.1, 0.15) is 184 Å². The number of piperazine rings is 2. The van der Waals surface area contributed by atoms with Crippen molar-refractivity contribution in [1.82, 2.24) is 30.2 Å². The first-order valence-electron chi connectivity index (χ1n) is 43.4. The average molecular weight is 1850 g/mol. The summed E-state index contributed by atoms with van der Waals surface area (Å²) in [6, 6.07) is 28.0. The molecule has 2 unspecified atom stereocenters. The van der Waals surface area contributed by atoms with Gasteiger partial charge in [0, 0.05) is 114 Å². The van der Waals surface area contributed by atoms with Crippen molar-refractivity contribution in [2.24, 2.45) is 0 Å². The summed E-state index contributed by atoms with van der Waals surface area (Å²) in [6.45, 7) is 10.4. The van der Waals surface area contributed by atoms with E-state index in [0.717, 1.165) is 44.5 Å². The van der Waals surface area contributed by atoms with Crippen LogP contribution in [-0.4, -0.2) is 201 Å². The number of carbonyl (C=O) groups excluding carboxylic acids is 6. The summed E-state index contributed by atoms with van der Waals surface area (Å²) in [4.78, 5) is 91.2. The van der Waals surface area contributed by atoms with Gasteiger partial charge in [-0.1, -0.05) is 95.1 Å². The second-order valence-electron chi connectivity index (χ2n) is 34.9. The van der Waals surface area contributed by atoms with Crippen LogP contribution < -0.4 is 67.5 Å². The molecule has 22 rings (SSSR count). The Kier molecular flexibility index (Phi) is 26.1. The Balaban J connectivity index is 0.000000188. The molecule has 4 saturated heterocycles. The van der Waals surface area contributed by atoms with E-state index < -0.39 is 112 Å². The number of hydrogen-bond donors (Lipinski definition) is 5. The number of phenolic OH excluding ortho intramolecular Hbond substituents is 2. The predicted molar refractivity (Wildman–Crippen MR) is 490 cm³/mol. The van der Waals surface area contributed by atoms with Crippen LogP contribution in [0.4, 0.5) is 0 Å². The highest BCUT2D eigenvalue weighted by Crippen LogP contribution is 2.68. The molecule has 0 aromatic heterocycles. The van der Waals surface area contributed by atoms with E-state index in [4.69, 9.17) is 66.3 Å². The summed E-state index contributed by atoms with van der Waals surface area (Å²) < 4.78 is 85.2. The Labute approximate surface area is 775 Å². The van der Waals surface area contributed by atoms with Gasteiger partial charge >= 0.3 is 35.8 Å². The lowest BCUT2D eigenvalue weighted by atomic mass is 9.71. The molecule has 8 bridgehead atoms. The monoisotopic (exact) mass is 1840 g/mol. The van der Waals surface area contributed by atoms with Gasteiger partial charge in [-0.05, 0) is 160 Å². The van der Waals surface area contributed by atoms with E-state index in [-0.39, 0.29) is 114 Å². The van der Waals surface area contributed by atoms with Crippen LogP contribution in [0.3, 0.4) is 0 Å². The molecule has 14 heterocycles. The summed E-state index contributed by atoms with van der Waals surface area (Å²) in [7, 11) is 10.00. The molecule has 14 atom stereocenters. The maximum atomic E-state index is 15.1. The van der Waals surface area contributed by atoms with Gasteiger partial charge in [-0.25, -0.2) is 9.59 Å². The summed E-state index contributed by atoms with van der Waals surface area (Å²) in [5.74, 6) is 1.49. The normalized spacial score (nSPS) is 25.7. The summed E-state index contributed by atoms with van der Waals surface area (Å²) in [5, 5.41) is 54.1. The van der Waals surface area contributed by atoms with E-state index >= 15 is 9.59 Å². The molecule has 0 aliphatic carbocycles. The first-order chi connectivity index (χ1) is 62.3. The van der Waals surface area contributed by atoms with Gasteiger partial charge in [-0.2, -0.15) is 5.26 Å². The largest absolute Gasteiger partial charge is 0.504 e. The molecule has 4 fully saturated rings. The van der Waals surface area contributed by atoms with Crippen LogP contribution in [-0.2, 0) is 87.8 Å². The Morgan fingerprint density at radius 2 is 0.917 bits per heavy atom. The van der Waals surface area contributed by atoms with Gasteiger partial charge in [0.25, 0.3) is 0 Å². The standard InChI is InChI=1S/C49H50N4O11S.C48H51N3O12S.3CH4/c1-24-16-29-17-31-32(20-50)53-33-21-60-48(57)49(30-19-34(58-5)35(18-28(30)14-15-51-49)64-36(55)13-12-27-10-8-7-9-11-27)22-65-47(41(53)40(52(31)4)37(29)42(56)43(24)59-6)39-38(33)46-45(61-23-62-46)25(2)44(39)63-26(3)54;1-23-16-28-17-30-46(55)51-31-20-59-47(56)48(29-19-32(57-5)33(18-27(29)14-15-49-48)63-34(53)13-12-26-10-8-7-9-11-26)21-64-45(39(51)38(50(30)4)35(28)40(54)41(23)58-6)37-36(31)44-43(60-22-61-44)24(2)42(37)62-25(3)52;;;/h7-11,16,18-19,31-33,40-41,47,51,56H,12-15,17,21-23H2,1-6H3;7-11,16,18-19,30-31,38-39,45-46,49,54-55H,12-15,17,20-22H2,1-6H3;3*1H4/t31-,32-,33-,40+,41?,47+,49+;30-,31-,38+,39?,45+,46-,48+;;;/m00.../s1. The summed E-state index contributed by atoms with van der Waals surface area (Å²) in [5.41, 5.74) is 10.5. The number of nitrogens with zero attached hydrogens (tertiary/aromatic N) is 5. The molecule has 0 radical (unpaired) electrons. The van der Waals surface area contributed by atoms with Crippen molar-refractivity contribution in [2.75, 3.05) is 93.9 Å². The van der Waals surface area contributed by atoms with Gasteiger partial charge < -0.3 is 81.6 Å². The topological polar surface area (TPSA) is 353 Å². The lowest BCUT2D eigenvalue weighted by Gasteiger charge is -2.62. The number of nitriles is 1. The molecule has 0 amide bonds. The van der Waals surface area contributed by atoms with Gasteiger partial charge in [0.2, 0.25) is 13.6 Å². The van der Waals surface area contributed by atoms with Crippen molar-refractivity contribution in [3.63, 3.8) is 0 Å². The van der Waals surface area contributed by atoms with E-state index in [1.165, 1.54) is 65.8 Å². The second-order valence-corrected chi connectivity index (χ2v) is 37.2. The fourth-order valence-corrected chi connectivity index (χ4v) is 25.8. The second kappa shape index (κ2) is 36.8. The Morgan fingerprint density at radius 3 is 1.33 bits per heavy atom. The number of hydrogen-bond acceptors (Lipinski definition) is 32. The average Bonchev–Trinajstić information content (AvgIpc) is 0.968. The lowest BCUT2D eigenvalue weighted by molar-refractivity contribution is -0.186. The molecule has 14 aliphatic rings. The van der Waals surface area contributed by atoms with Crippen molar-refractivity contribution >= 4 is 59.3 Å². The number of carbonyl (C=O) groups is 6. The highest BCUT2D eigenvalue weighted by atomic mass is 32.2. The van der Waals surface area contributed by atoms with Gasteiger partial charge in [0.05, 0.1) is 75.2 Å². The molecule has 8 aromatic rings. The Bertz CT molecular complexity index is 6000. The highest BCUT2D eigenvalue weighted by Gasteiger charge is 2.65. The third-order valence-electron chi connectivity index (χ3n) is 28.0. The number of aliphatic hydroxyl groups is 1. The molecule has 32 heteroatoms. The minimum Gasteiger partial charge on any atom is -0.504 e.